The number of rotatable bonds is 1. The van der Waals surface area contributed by atoms with Gasteiger partial charge in [0, 0.05) is 23.2 Å². The van der Waals surface area contributed by atoms with Gasteiger partial charge in [-0.25, -0.2) is 4.79 Å². The maximum absolute atomic E-state index is 11.5. The molecule has 1 heterocycles. The molecule has 0 unspecified atom stereocenters. The number of hydrogen-bond acceptors (Lipinski definition) is 3. The van der Waals surface area contributed by atoms with Gasteiger partial charge in [0.05, 0.1) is 0 Å². The van der Waals surface area contributed by atoms with Gasteiger partial charge in [0.1, 0.15) is 5.58 Å². The number of amides is 1. The van der Waals surface area contributed by atoms with Crippen LogP contribution in [-0.4, -0.2) is 9.70 Å². The van der Waals surface area contributed by atoms with Crippen molar-refractivity contribution in [1.82, 2.24) is 0 Å². The van der Waals surface area contributed by atoms with Gasteiger partial charge < -0.3 is 9.73 Å². The molecule has 1 amide bonds. The summed E-state index contributed by atoms with van der Waals surface area (Å²) in [5, 5.41) is 3.19. The van der Waals surface area contributed by atoms with E-state index in [1.807, 2.05) is 0 Å². The van der Waals surface area contributed by atoms with Gasteiger partial charge in [0.2, 0.25) is 0 Å². The van der Waals surface area contributed by atoms with Crippen LogP contribution in [0.3, 0.4) is 0 Å². The lowest BCUT2D eigenvalue weighted by molar-refractivity contribution is -0.115. The van der Waals surface area contributed by atoms with Crippen LogP contribution in [0.1, 0.15) is 5.56 Å². The van der Waals surface area contributed by atoms with E-state index in [1.165, 1.54) is 12.1 Å². The first-order valence-electron chi connectivity index (χ1n) is 5.20. The second kappa shape index (κ2) is 5.04. The molecule has 1 aromatic carbocycles. The summed E-state index contributed by atoms with van der Waals surface area (Å²) in [6.07, 6.45) is 0. The fraction of sp³-hybridized carbons (Fsp3) is 0.167. The smallest absolute Gasteiger partial charge is 0.336 e. The van der Waals surface area contributed by atoms with Gasteiger partial charge in [-0.1, -0.05) is 34.8 Å². The fourth-order valence-corrected chi connectivity index (χ4v) is 1.75. The highest BCUT2D eigenvalue weighted by Crippen LogP contribution is 2.28. The highest BCUT2D eigenvalue weighted by atomic mass is 35.6. The predicted octanol–water partition coefficient (Wildman–Crippen LogP) is 3.41. The maximum atomic E-state index is 11.5. The Labute approximate surface area is 123 Å². The lowest BCUT2D eigenvalue weighted by Gasteiger charge is -2.11. The van der Waals surface area contributed by atoms with Crippen molar-refractivity contribution in [2.75, 3.05) is 5.32 Å². The number of aryl methyl sites for hydroxylation is 1. The van der Waals surface area contributed by atoms with E-state index in [-0.39, 0.29) is 0 Å². The van der Waals surface area contributed by atoms with E-state index in [0.29, 0.717) is 11.3 Å². The van der Waals surface area contributed by atoms with Crippen molar-refractivity contribution < 1.29 is 9.21 Å². The molecule has 19 heavy (non-hydrogen) atoms. The summed E-state index contributed by atoms with van der Waals surface area (Å²) >= 11 is 16.3. The number of halogens is 3. The molecule has 0 aliphatic heterocycles. The minimum atomic E-state index is -2.05. The number of carbonyl (C=O) groups excluding carboxylic acids is 1. The molecular formula is C12H8Cl3NO3. The Morgan fingerprint density at radius 2 is 1.95 bits per heavy atom. The summed E-state index contributed by atoms with van der Waals surface area (Å²) in [7, 11) is 0. The molecule has 0 fully saturated rings. The Morgan fingerprint density at radius 1 is 1.26 bits per heavy atom. The molecule has 0 atom stereocenters. The molecule has 4 nitrogen and oxygen atoms in total. The Kier molecular flexibility index (Phi) is 3.76. The molecular weight excluding hydrogens is 312 g/mol. The fourth-order valence-electron chi connectivity index (χ4n) is 1.60. The van der Waals surface area contributed by atoms with Crippen molar-refractivity contribution in [2.24, 2.45) is 0 Å². The molecule has 0 aliphatic rings. The number of fused-ring (bicyclic) bond motifs is 1. The third-order valence-corrected chi connectivity index (χ3v) is 2.98. The van der Waals surface area contributed by atoms with Crippen molar-refractivity contribution in [1.29, 1.82) is 0 Å². The van der Waals surface area contributed by atoms with Gasteiger partial charge in [0.25, 0.3) is 9.70 Å². The number of alkyl halides is 3. The Morgan fingerprint density at radius 3 is 2.58 bits per heavy atom. The number of anilines is 1. The van der Waals surface area contributed by atoms with Crippen LogP contribution < -0.4 is 10.9 Å². The normalized spacial score (nSPS) is 11.6. The third kappa shape index (κ3) is 3.21. The topological polar surface area (TPSA) is 59.3 Å². The van der Waals surface area contributed by atoms with Crippen LogP contribution in [0.25, 0.3) is 11.0 Å². The molecule has 7 heteroatoms. The highest BCUT2D eigenvalue weighted by Gasteiger charge is 2.30. The van der Waals surface area contributed by atoms with Gasteiger partial charge >= 0.3 is 5.63 Å². The second-order valence-corrected chi connectivity index (χ2v) is 6.19. The van der Waals surface area contributed by atoms with Crippen LogP contribution in [0.5, 0.6) is 0 Å². The molecule has 0 spiro atoms. The van der Waals surface area contributed by atoms with Crippen LogP contribution in [0, 0.1) is 6.92 Å². The summed E-state index contributed by atoms with van der Waals surface area (Å²) in [6, 6.07) is 6.23. The average molecular weight is 321 g/mol. The number of hydrogen-bond donors (Lipinski definition) is 1. The molecule has 1 aromatic heterocycles. The number of benzene rings is 1. The van der Waals surface area contributed by atoms with Gasteiger partial charge in [-0.2, -0.15) is 0 Å². The molecule has 0 saturated carbocycles. The molecule has 0 aliphatic carbocycles. The van der Waals surface area contributed by atoms with E-state index in [4.69, 9.17) is 39.2 Å². The average Bonchev–Trinajstić information content (AvgIpc) is 2.26. The first-order chi connectivity index (χ1) is 8.77. The van der Waals surface area contributed by atoms with Crippen molar-refractivity contribution in [3.8, 4) is 0 Å². The van der Waals surface area contributed by atoms with Gasteiger partial charge in [0.15, 0.2) is 0 Å². The van der Waals surface area contributed by atoms with Crippen LogP contribution in [0.2, 0.25) is 0 Å². The monoisotopic (exact) mass is 319 g/mol. The van der Waals surface area contributed by atoms with E-state index >= 15 is 0 Å². The molecule has 0 bridgehead atoms. The van der Waals surface area contributed by atoms with Crippen LogP contribution in [-0.2, 0) is 4.79 Å². The van der Waals surface area contributed by atoms with Crippen molar-refractivity contribution in [3.05, 3.63) is 40.2 Å². The molecule has 1 N–H and O–H groups in total. The zero-order chi connectivity index (χ0) is 14.2. The molecule has 2 aromatic rings. The zero-order valence-electron chi connectivity index (χ0n) is 9.67. The van der Waals surface area contributed by atoms with Crippen LogP contribution in [0.4, 0.5) is 5.69 Å². The molecule has 100 valence electrons. The minimum absolute atomic E-state index is 0.354. The largest absolute Gasteiger partial charge is 0.423 e. The Balaban J connectivity index is 2.42. The van der Waals surface area contributed by atoms with E-state index in [9.17, 15) is 9.59 Å². The minimum Gasteiger partial charge on any atom is -0.423 e. The van der Waals surface area contributed by atoms with Gasteiger partial charge in [-0.15, -0.1) is 0 Å². The van der Waals surface area contributed by atoms with Gasteiger partial charge in [-0.3, -0.25) is 4.79 Å². The van der Waals surface area contributed by atoms with Crippen molar-refractivity contribution in [3.63, 3.8) is 0 Å². The standard InChI is InChI=1S/C12H8Cl3NO3/c1-6-4-10(17)19-9-5-7(2-3-8(6)9)16-11(18)12(13,14)15/h2-5H,1H3,(H,16,18). The van der Waals surface area contributed by atoms with Crippen molar-refractivity contribution >= 4 is 57.4 Å². The molecule has 2 rings (SSSR count). The van der Waals surface area contributed by atoms with E-state index < -0.39 is 15.3 Å². The maximum Gasteiger partial charge on any atom is 0.336 e. The van der Waals surface area contributed by atoms with E-state index in [1.54, 1.807) is 19.1 Å². The van der Waals surface area contributed by atoms with E-state index in [2.05, 4.69) is 5.32 Å². The number of nitrogens with one attached hydrogen (secondary N) is 1. The summed E-state index contributed by atoms with van der Waals surface area (Å²) in [5.41, 5.74) is 1.05. The predicted molar refractivity (Wildman–Crippen MR) is 76.1 cm³/mol. The van der Waals surface area contributed by atoms with Crippen LogP contribution >= 0.6 is 34.8 Å². The highest BCUT2D eigenvalue weighted by molar-refractivity contribution is 6.76. The number of carbonyl (C=O) groups is 1. The Hall–Kier alpha value is -1.23. The molecule has 0 radical (unpaired) electrons. The third-order valence-electron chi connectivity index (χ3n) is 2.47. The SMILES string of the molecule is Cc1cc(=O)oc2cc(NC(=O)C(Cl)(Cl)Cl)ccc12. The van der Waals surface area contributed by atoms with Gasteiger partial charge in [-0.05, 0) is 24.6 Å². The van der Waals surface area contributed by atoms with E-state index in [0.717, 1.165) is 10.9 Å². The lowest BCUT2D eigenvalue weighted by atomic mass is 10.1. The summed E-state index contributed by atoms with van der Waals surface area (Å²) in [4.78, 5) is 22.8. The summed E-state index contributed by atoms with van der Waals surface area (Å²) in [6.45, 7) is 1.79. The Bertz CT molecular complexity index is 703. The summed E-state index contributed by atoms with van der Waals surface area (Å²) < 4.78 is 2.99. The lowest BCUT2D eigenvalue weighted by Crippen LogP contribution is -2.26. The first-order valence-corrected chi connectivity index (χ1v) is 6.33. The van der Waals surface area contributed by atoms with Crippen molar-refractivity contribution in [2.45, 2.75) is 10.7 Å². The second-order valence-electron chi connectivity index (χ2n) is 3.91. The molecule has 0 saturated heterocycles. The summed E-state index contributed by atoms with van der Waals surface area (Å²) in [5.74, 6) is -0.785. The quantitative estimate of drug-likeness (QED) is 0.647. The van der Waals surface area contributed by atoms with Crippen LogP contribution in [0.15, 0.2) is 33.5 Å². The zero-order valence-corrected chi connectivity index (χ0v) is 11.9. The first kappa shape index (κ1) is 14.2.